The molecular weight excluding hydrogens is 468 g/mol. The Morgan fingerprint density at radius 3 is 1.94 bits per heavy atom. The van der Waals surface area contributed by atoms with Crippen molar-refractivity contribution in [3.05, 3.63) is 48.5 Å². The van der Waals surface area contributed by atoms with Gasteiger partial charge in [-0.3, -0.25) is 19.3 Å². The van der Waals surface area contributed by atoms with Gasteiger partial charge in [0.15, 0.2) is 5.71 Å². The monoisotopic (exact) mass is 482 g/mol. The number of carbonyl (C=O) groups excluding carboxylic acids is 2. The van der Waals surface area contributed by atoms with Gasteiger partial charge in [-0.15, -0.1) is 0 Å². The third kappa shape index (κ3) is 4.80. The maximum atomic E-state index is 12.8. The molecule has 168 valence electrons. The lowest BCUT2D eigenvalue weighted by Crippen LogP contribution is -2.31. The Bertz CT molecular complexity index is 1350. The zero-order valence-electron chi connectivity index (χ0n) is 16.0. The largest absolute Gasteiger partial charge is 0.464 e. The molecule has 1 aliphatic rings. The van der Waals surface area contributed by atoms with Crippen molar-refractivity contribution in [3.8, 4) is 0 Å². The van der Waals surface area contributed by atoms with Crippen LogP contribution in [-0.2, 0) is 34.6 Å². The van der Waals surface area contributed by atoms with Crippen LogP contribution < -0.4 is 10.4 Å². The highest BCUT2D eigenvalue weighted by atomic mass is 32.2. The molecule has 15 heteroatoms. The van der Waals surface area contributed by atoms with Gasteiger partial charge in [0.1, 0.15) is 0 Å². The number of amides is 1. The van der Waals surface area contributed by atoms with Crippen LogP contribution in [0.4, 0.5) is 11.4 Å². The quantitative estimate of drug-likeness (QED) is 0.297. The zero-order valence-corrected chi connectivity index (χ0v) is 17.7. The van der Waals surface area contributed by atoms with Crippen LogP contribution in [0.25, 0.3) is 0 Å². The van der Waals surface area contributed by atoms with Crippen molar-refractivity contribution in [2.45, 2.75) is 9.79 Å². The molecule has 0 saturated heterocycles. The van der Waals surface area contributed by atoms with Crippen molar-refractivity contribution in [1.82, 2.24) is 0 Å². The Hall–Kier alpha value is -3.66. The van der Waals surface area contributed by atoms with Gasteiger partial charge in [0.2, 0.25) is 5.71 Å². The van der Waals surface area contributed by atoms with Crippen LogP contribution in [0.2, 0.25) is 0 Å². The standard InChI is InChI=1S/C17H14N4O9S2/c1-30-17(23)15-14(19-18-10-2-6-12(7-3-10)31(24,25)26)16(22)21(20-15)11-4-8-13(9-5-11)32(27,28)29/h2-9,18H,1H3,(H,24,25,26)(H,27,28,29). The number of anilines is 2. The molecule has 1 aliphatic heterocycles. The maximum Gasteiger partial charge on any atom is 0.361 e. The van der Waals surface area contributed by atoms with E-state index in [1.165, 1.54) is 24.3 Å². The van der Waals surface area contributed by atoms with Gasteiger partial charge in [-0.25, -0.2) is 4.79 Å². The number of esters is 1. The van der Waals surface area contributed by atoms with Crippen molar-refractivity contribution in [1.29, 1.82) is 0 Å². The SMILES string of the molecule is COC(=O)C1=NN(c2ccc(S(=O)(=O)O)cc2)C(=O)C1=NNc1ccc(S(=O)(=O)O)cc1. The molecule has 3 rings (SSSR count). The van der Waals surface area contributed by atoms with Gasteiger partial charge in [0, 0.05) is 0 Å². The fourth-order valence-corrected chi connectivity index (χ4v) is 3.45. The van der Waals surface area contributed by atoms with E-state index >= 15 is 0 Å². The minimum Gasteiger partial charge on any atom is -0.464 e. The average Bonchev–Trinajstić information content (AvgIpc) is 3.07. The molecule has 0 radical (unpaired) electrons. The third-order valence-corrected chi connectivity index (χ3v) is 5.76. The summed E-state index contributed by atoms with van der Waals surface area (Å²) in [5, 5.41) is 8.50. The fourth-order valence-electron chi connectivity index (χ4n) is 2.49. The summed E-state index contributed by atoms with van der Waals surface area (Å²) in [6.45, 7) is 0. The van der Waals surface area contributed by atoms with Crippen LogP contribution >= 0.6 is 0 Å². The van der Waals surface area contributed by atoms with E-state index in [9.17, 15) is 26.4 Å². The molecule has 0 aromatic heterocycles. The second-order valence-electron chi connectivity index (χ2n) is 6.10. The second kappa shape index (κ2) is 8.46. The van der Waals surface area contributed by atoms with Crippen molar-refractivity contribution in [2.75, 3.05) is 17.5 Å². The van der Waals surface area contributed by atoms with E-state index in [1.807, 2.05) is 0 Å². The molecular formula is C17H14N4O9S2. The van der Waals surface area contributed by atoms with E-state index < -0.39 is 48.4 Å². The summed E-state index contributed by atoms with van der Waals surface area (Å²) >= 11 is 0. The van der Waals surface area contributed by atoms with Gasteiger partial charge in [0.05, 0.1) is 28.3 Å². The van der Waals surface area contributed by atoms with E-state index in [-0.39, 0.29) is 16.3 Å². The number of nitrogens with one attached hydrogen (secondary N) is 1. The Kier molecular flexibility index (Phi) is 6.09. The summed E-state index contributed by atoms with van der Waals surface area (Å²) in [5.41, 5.74) is 1.88. The van der Waals surface area contributed by atoms with Crippen LogP contribution in [0.3, 0.4) is 0 Å². The van der Waals surface area contributed by atoms with Crippen molar-refractivity contribution >= 4 is 54.9 Å². The van der Waals surface area contributed by atoms with Gasteiger partial charge >= 0.3 is 11.9 Å². The minimum absolute atomic E-state index is 0.0755. The molecule has 13 nitrogen and oxygen atoms in total. The van der Waals surface area contributed by atoms with Crippen LogP contribution in [0, 0.1) is 0 Å². The van der Waals surface area contributed by atoms with E-state index in [0.29, 0.717) is 0 Å². The predicted octanol–water partition coefficient (Wildman–Crippen LogP) is 0.524. The van der Waals surface area contributed by atoms with Gasteiger partial charge in [-0.2, -0.15) is 32.0 Å². The first-order valence-corrected chi connectivity index (χ1v) is 11.3. The first kappa shape index (κ1) is 23.0. The predicted molar refractivity (Wildman–Crippen MR) is 111 cm³/mol. The highest BCUT2D eigenvalue weighted by Crippen LogP contribution is 2.22. The smallest absolute Gasteiger partial charge is 0.361 e. The number of benzene rings is 2. The maximum absolute atomic E-state index is 12.8. The Morgan fingerprint density at radius 1 is 0.969 bits per heavy atom. The number of hydrazone groups is 2. The molecule has 1 amide bonds. The summed E-state index contributed by atoms with van der Waals surface area (Å²) < 4.78 is 67.2. The lowest BCUT2D eigenvalue weighted by Gasteiger charge is -2.11. The van der Waals surface area contributed by atoms with E-state index in [1.54, 1.807) is 0 Å². The fraction of sp³-hybridized carbons (Fsp3) is 0.0588. The van der Waals surface area contributed by atoms with E-state index in [2.05, 4.69) is 20.4 Å². The van der Waals surface area contributed by atoms with Gasteiger partial charge in [-0.05, 0) is 48.5 Å². The summed E-state index contributed by atoms with van der Waals surface area (Å²) in [6, 6.07) is 9.14. The molecule has 2 aromatic rings. The topological polar surface area (TPSA) is 192 Å². The number of rotatable bonds is 6. The lowest BCUT2D eigenvalue weighted by atomic mass is 10.2. The summed E-state index contributed by atoms with van der Waals surface area (Å²) in [5.74, 6) is -1.83. The molecule has 1 heterocycles. The molecule has 3 N–H and O–H groups in total. The molecule has 0 aliphatic carbocycles. The molecule has 0 fully saturated rings. The second-order valence-corrected chi connectivity index (χ2v) is 8.94. The minimum atomic E-state index is -4.45. The van der Waals surface area contributed by atoms with Crippen LogP contribution in [0.1, 0.15) is 0 Å². The van der Waals surface area contributed by atoms with Crippen LogP contribution in [0.5, 0.6) is 0 Å². The van der Waals surface area contributed by atoms with E-state index in [0.717, 1.165) is 36.4 Å². The Balaban J connectivity index is 1.91. The summed E-state index contributed by atoms with van der Waals surface area (Å²) in [4.78, 5) is 24.1. The summed E-state index contributed by atoms with van der Waals surface area (Å²) in [6.07, 6.45) is 0. The zero-order chi connectivity index (χ0) is 23.7. The average molecular weight is 482 g/mol. The molecule has 0 bridgehead atoms. The Morgan fingerprint density at radius 2 is 1.47 bits per heavy atom. The van der Waals surface area contributed by atoms with Gasteiger partial charge < -0.3 is 4.74 Å². The van der Waals surface area contributed by atoms with Gasteiger partial charge in [0.25, 0.3) is 20.2 Å². The molecule has 0 atom stereocenters. The number of nitrogens with zero attached hydrogens (tertiary/aromatic N) is 3. The Labute approximate surface area is 181 Å². The number of methoxy groups -OCH3 is 1. The molecule has 2 aromatic carbocycles. The van der Waals surface area contributed by atoms with Crippen LogP contribution in [-0.4, -0.2) is 56.4 Å². The normalized spacial score (nSPS) is 15.6. The highest BCUT2D eigenvalue weighted by Gasteiger charge is 2.38. The summed E-state index contributed by atoms with van der Waals surface area (Å²) in [7, 11) is -7.77. The lowest BCUT2D eigenvalue weighted by molar-refractivity contribution is -0.132. The van der Waals surface area contributed by atoms with Crippen molar-refractivity contribution in [2.24, 2.45) is 10.2 Å². The number of carbonyl (C=O) groups is 2. The molecule has 32 heavy (non-hydrogen) atoms. The first-order chi connectivity index (χ1) is 14.9. The molecule has 0 spiro atoms. The van der Waals surface area contributed by atoms with Crippen molar-refractivity contribution in [3.63, 3.8) is 0 Å². The molecule has 0 unspecified atom stereocenters. The van der Waals surface area contributed by atoms with Gasteiger partial charge in [-0.1, -0.05) is 0 Å². The molecule has 0 saturated carbocycles. The first-order valence-electron chi connectivity index (χ1n) is 8.42. The highest BCUT2D eigenvalue weighted by molar-refractivity contribution is 7.86. The number of hydrogen-bond acceptors (Lipinski definition) is 10. The third-order valence-electron chi connectivity index (χ3n) is 4.03. The number of ether oxygens (including phenoxy) is 1. The van der Waals surface area contributed by atoms with Crippen molar-refractivity contribution < 1.29 is 40.3 Å². The van der Waals surface area contributed by atoms with E-state index in [4.69, 9.17) is 9.11 Å². The van der Waals surface area contributed by atoms with Crippen LogP contribution in [0.15, 0.2) is 68.5 Å². The number of hydrogen-bond donors (Lipinski definition) is 3.